The highest BCUT2D eigenvalue weighted by Crippen LogP contribution is 2.22. The number of amides is 2. The second-order valence-electron chi connectivity index (χ2n) is 4.26. The Bertz CT molecular complexity index is 434. The Morgan fingerprint density at radius 1 is 1.29 bits per heavy atom. The maximum atomic E-state index is 12.3. The Morgan fingerprint density at radius 2 is 1.94 bits per heavy atom. The first kappa shape index (κ1) is 12.1. The lowest BCUT2D eigenvalue weighted by Gasteiger charge is -2.32. The number of hydrogen-bond acceptors (Lipinski definition) is 3. The van der Waals surface area contributed by atoms with Gasteiger partial charge in [-0.1, -0.05) is 0 Å². The molecule has 17 heavy (non-hydrogen) atoms. The maximum absolute atomic E-state index is 12.3. The van der Waals surface area contributed by atoms with Crippen molar-refractivity contribution in [2.45, 2.75) is 13.8 Å². The molecule has 0 N–H and O–H groups in total. The van der Waals surface area contributed by atoms with Gasteiger partial charge in [-0.15, -0.1) is 11.3 Å². The number of carbonyl (C=O) groups is 2. The lowest BCUT2D eigenvalue weighted by Crippen LogP contribution is -2.48. The smallest absolute Gasteiger partial charge is 0.255 e. The van der Waals surface area contributed by atoms with Gasteiger partial charge in [0.15, 0.2) is 0 Å². The average molecular weight is 252 g/mol. The van der Waals surface area contributed by atoms with Crippen LogP contribution in [-0.2, 0) is 4.79 Å². The summed E-state index contributed by atoms with van der Waals surface area (Å²) in [5.74, 6) is 0.0948. The molecule has 0 bridgehead atoms. The highest BCUT2D eigenvalue weighted by atomic mass is 32.1. The summed E-state index contributed by atoms with van der Waals surface area (Å²) in [7, 11) is 0. The third kappa shape index (κ3) is 2.49. The molecule has 92 valence electrons. The molecule has 1 aliphatic heterocycles. The minimum atomic E-state index is 0.0948. The molecule has 0 atom stereocenters. The Hall–Kier alpha value is -1.36. The number of thiophene rings is 1. The van der Waals surface area contributed by atoms with Crippen molar-refractivity contribution in [1.82, 2.24) is 9.80 Å². The standard InChI is InChI=1S/C12H16N2O2S/c1-9-7-11(10(2)17-9)12(16)14-5-3-13(8-15)4-6-14/h7-8H,3-6H2,1-2H3. The van der Waals surface area contributed by atoms with Gasteiger partial charge in [0.1, 0.15) is 0 Å². The molecule has 1 aliphatic rings. The molecule has 0 saturated carbocycles. The van der Waals surface area contributed by atoms with E-state index in [1.807, 2.05) is 24.8 Å². The van der Waals surface area contributed by atoms with Crippen molar-refractivity contribution in [3.05, 3.63) is 21.4 Å². The molecular formula is C12H16N2O2S. The number of rotatable bonds is 2. The van der Waals surface area contributed by atoms with Crippen LogP contribution in [0.15, 0.2) is 6.07 Å². The molecule has 0 spiro atoms. The van der Waals surface area contributed by atoms with Crippen molar-refractivity contribution in [2.75, 3.05) is 26.2 Å². The predicted octanol–water partition coefficient (Wildman–Crippen LogP) is 1.28. The normalized spacial score (nSPS) is 16.1. The topological polar surface area (TPSA) is 40.6 Å². The highest BCUT2D eigenvalue weighted by Gasteiger charge is 2.23. The Labute approximate surface area is 105 Å². The Balaban J connectivity index is 2.06. The van der Waals surface area contributed by atoms with Gasteiger partial charge in [0, 0.05) is 35.9 Å². The third-order valence-electron chi connectivity index (χ3n) is 3.02. The van der Waals surface area contributed by atoms with E-state index in [0.717, 1.165) is 21.7 Å². The van der Waals surface area contributed by atoms with Crippen molar-refractivity contribution in [2.24, 2.45) is 0 Å². The second-order valence-corrected chi connectivity index (χ2v) is 5.72. The van der Waals surface area contributed by atoms with E-state index in [-0.39, 0.29) is 5.91 Å². The Morgan fingerprint density at radius 3 is 2.41 bits per heavy atom. The van der Waals surface area contributed by atoms with Crippen LogP contribution in [0.3, 0.4) is 0 Å². The van der Waals surface area contributed by atoms with E-state index in [9.17, 15) is 9.59 Å². The lowest BCUT2D eigenvalue weighted by atomic mass is 10.2. The van der Waals surface area contributed by atoms with Crippen LogP contribution in [0.1, 0.15) is 20.1 Å². The van der Waals surface area contributed by atoms with Crippen LogP contribution in [0.4, 0.5) is 0 Å². The van der Waals surface area contributed by atoms with Gasteiger partial charge in [0.05, 0.1) is 5.56 Å². The molecule has 1 aromatic rings. The molecular weight excluding hydrogens is 236 g/mol. The quantitative estimate of drug-likeness (QED) is 0.744. The number of aryl methyl sites for hydroxylation is 2. The van der Waals surface area contributed by atoms with Crippen molar-refractivity contribution in [1.29, 1.82) is 0 Å². The summed E-state index contributed by atoms with van der Waals surface area (Å²) in [4.78, 5) is 28.6. The van der Waals surface area contributed by atoms with Crippen molar-refractivity contribution < 1.29 is 9.59 Å². The first-order valence-electron chi connectivity index (χ1n) is 5.67. The summed E-state index contributed by atoms with van der Waals surface area (Å²) in [6.07, 6.45) is 0.849. The van der Waals surface area contributed by atoms with Crippen LogP contribution >= 0.6 is 11.3 Å². The zero-order chi connectivity index (χ0) is 12.4. The fraction of sp³-hybridized carbons (Fsp3) is 0.500. The molecule has 0 radical (unpaired) electrons. The summed E-state index contributed by atoms with van der Waals surface area (Å²) < 4.78 is 0. The second kappa shape index (κ2) is 4.87. The van der Waals surface area contributed by atoms with E-state index >= 15 is 0 Å². The van der Waals surface area contributed by atoms with Crippen LogP contribution in [0.2, 0.25) is 0 Å². The number of piperazine rings is 1. The zero-order valence-corrected chi connectivity index (χ0v) is 10.9. The number of nitrogens with zero attached hydrogens (tertiary/aromatic N) is 2. The van der Waals surface area contributed by atoms with Gasteiger partial charge in [-0.25, -0.2) is 0 Å². The number of carbonyl (C=O) groups excluding carboxylic acids is 2. The van der Waals surface area contributed by atoms with Crippen molar-refractivity contribution in [3.8, 4) is 0 Å². The van der Waals surface area contributed by atoms with Crippen LogP contribution in [0.5, 0.6) is 0 Å². The molecule has 0 unspecified atom stereocenters. The summed E-state index contributed by atoms with van der Waals surface area (Å²) in [5.41, 5.74) is 0.812. The summed E-state index contributed by atoms with van der Waals surface area (Å²) >= 11 is 1.65. The van der Waals surface area contributed by atoms with Gasteiger partial charge >= 0.3 is 0 Å². The molecule has 2 amide bonds. The SMILES string of the molecule is Cc1cc(C(=O)N2CCN(C=O)CC2)c(C)s1. The largest absolute Gasteiger partial charge is 0.342 e. The molecule has 2 rings (SSSR count). The molecule has 1 saturated heterocycles. The summed E-state index contributed by atoms with van der Waals surface area (Å²) in [6, 6.07) is 1.95. The summed E-state index contributed by atoms with van der Waals surface area (Å²) in [5, 5.41) is 0. The lowest BCUT2D eigenvalue weighted by molar-refractivity contribution is -0.119. The van der Waals surface area contributed by atoms with E-state index in [2.05, 4.69) is 0 Å². The zero-order valence-electron chi connectivity index (χ0n) is 10.1. The van der Waals surface area contributed by atoms with Gasteiger partial charge < -0.3 is 9.80 Å². The highest BCUT2D eigenvalue weighted by molar-refractivity contribution is 7.12. The maximum Gasteiger partial charge on any atom is 0.255 e. The fourth-order valence-corrected chi connectivity index (χ4v) is 2.96. The molecule has 4 nitrogen and oxygen atoms in total. The van der Waals surface area contributed by atoms with Gasteiger partial charge in [0.25, 0.3) is 5.91 Å². The van der Waals surface area contributed by atoms with Crippen molar-refractivity contribution in [3.63, 3.8) is 0 Å². The van der Waals surface area contributed by atoms with Crippen LogP contribution < -0.4 is 0 Å². The molecule has 5 heteroatoms. The third-order valence-corrected chi connectivity index (χ3v) is 3.99. The van der Waals surface area contributed by atoms with E-state index in [1.165, 1.54) is 0 Å². The molecule has 2 heterocycles. The van der Waals surface area contributed by atoms with Gasteiger partial charge in [0.2, 0.25) is 6.41 Å². The fourth-order valence-electron chi connectivity index (χ4n) is 2.04. The Kier molecular flexibility index (Phi) is 3.47. The molecule has 0 aliphatic carbocycles. The van der Waals surface area contributed by atoms with Crippen LogP contribution in [0, 0.1) is 13.8 Å². The minimum Gasteiger partial charge on any atom is -0.342 e. The van der Waals surface area contributed by atoms with E-state index in [0.29, 0.717) is 26.2 Å². The molecule has 1 fully saturated rings. The van der Waals surface area contributed by atoms with E-state index < -0.39 is 0 Å². The van der Waals surface area contributed by atoms with Crippen molar-refractivity contribution >= 4 is 23.7 Å². The monoisotopic (exact) mass is 252 g/mol. The van der Waals surface area contributed by atoms with Crippen LogP contribution in [0.25, 0.3) is 0 Å². The van der Waals surface area contributed by atoms with Crippen LogP contribution in [-0.4, -0.2) is 48.3 Å². The minimum absolute atomic E-state index is 0.0948. The van der Waals surface area contributed by atoms with Gasteiger partial charge in [-0.2, -0.15) is 0 Å². The van der Waals surface area contributed by atoms with Gasteiger partial charge in [-0.3, -0.25) is 9.59 Å². The number of hydrogen-bond donors (Lipinski definition) is 0. The first-order chi connectivity index (χ1) is 8.11. The molecule has 0 aromatic carbocycles. The van der Waals surface area contributed by atoms with E-state index in [4.69, 9.17) is 0 Å². The predicted molar refractivity (Wildman–Crippen MR) is 67.3 cm³/mol. The van der Waals surface area contributed by atoms with E-state index in [1.54, 1.807) is 16.2 Å². The first-order valence-corrected chi connectivity index (χ1v) is 6.49. The molecule has 1 aromatic heterocycles. The average Bonchev–Trinajstić information content (AvgIpc) is 2.68. The summed E-state index contributed by atoms with van der Waals surface area (Å²) in [6.45, 7) is 6.53. The van der Waals surface area contributed by atoms with Gasteiger partial charge in [-0.05, 0) is 19.9 Å².